The first-order valence-electron chi connectivity index (χ1n) is 6.81. The number of hydrogen-bond donors (Lipinski definition) is 1. The molecule has 1 saturated heterocycles. The number of halogens is 1. The number of hydrogen-bond acceptors (Lipinski definition) is 3. The molecule has 3 nitrogen and oxygen atoms in total. The summed E-state index contributed by atoms with van der Waals surface area (Å²) in [6, 6.07) is 4.15. The highest BCUT2D eigenvalue weighted by atomic mass is 79.9. The topological polar surface area (TPSA) is 40.5 Å². The lowest BCUT2D eigenvalue weighted by Crippen LogP contribution is -2.64. The predicted molar refractivity (Wildman–Crippen MR) is 79.2 cm³/mol. The molecule has 1 saturated carbocycles. The quantitative estimate of drug-likeness (QED) is 0.892. The van der Waals surface area contributed by atoms with Crippen molar-refractivity contribution in [3.63, 3.8) is 0 Å². The van der Waals surface area contributed by atoms with Crippen LogP contribution in [0.4, 0.5) is 0 Å². The van der Waals surface area contributed by atoms with E-state index in [0.717, 1.165) is 29.5 Å². The number of carbonyl (C=O) groups excluding carboxylic acids is 1. The molecule has 104 valence electrons. The van der Waals surface area contributed by atoms with Crippen LogP contribution >= 0.6 is 27.3 Å². The molecule has 0 aromatic carbocycles. The molecule has 1 aliphatic carbocycles. The average molecular weight is 344 g/mol. The SMILES string of the molecule is O=C(CCCc1ccc(Br)s1)N1CC(O)(C2CC2)C1. The van der Waals surface area contributed by atoms with Gasteiger partial charge in [-0.05, 0) is 59.7 Å². The standard InChI is InChI=1S/C14H18BrNO2S/c15-12-7-6-11(19-12)2-1-3-13(17)16-8-14(18,9-16)10-4-5-10/h6-7,10,18H,1-5,8-9H2. The molecule has 1 N–H and O–H groups in total. The molecule has 19 heavy (non-hydrogen) atoms. The van der Waals surface area contributed by atoms with Crippen molar-refractivity contribution in [2.24, 2.45) is 5.92 Å². The highest BCUT2D eigenvalue weighted by Gasteiger charge is 2.52. The molecular weight excluding hydrogens is 326 g/mol. The largest absolute Gasteiger partial charge is 0.386 e. The Hall–Kier alpha value is -0.390. The molecule has 5 heteroatoms. The molecule has 2 aliphatic rings. The fraction of sp³-hybridized carbons (Fsp3) is 0.643. The van der Waals surface area contributed by atoms with Crippen LogP contribution in [0.2, 0.25) is 0 Å². The number of aryl methyl sites for hydroxylation is 1. The van der Waals surface area contributed by atoms with E-state index in [-0.39, 0.29) is 5.91 Å². The summed E-state index contributed by atoms with van der Waals surface area (Å²) in [5, 5.41) is 10.2. The van der Waals surface area contributed by atoms with Crippen LogP contribution < -0.4 is 0 Å². The first kappa shape index (κ1) is 13.6. The number of β-amino-alcohol motifs (C(OH)–C–C–N with tert-alkyl or cyclic N) is 1. The van der Waals surface area contributed by atoms with Crippen LogP contribution in [0, 0.1) is 5.92 Å². The van der Waals surface area contributed by atoms with Crippen molar-refractivity contribution in [1.29, 1.82) is 0 Å². The monoisotopic (exact) mass is 343 g/mol. The zero-order chi connectivity index (χ0) is 13.5. The van der Waals surface area contributed by atoms with Crippen molar-refractivity contribution < 1.29 is 9.90 Å². The molecule has 1 amide bonds. The van der Waals surface area contributed by atoms with E-state index in [0.29, 0.717) is 25.4 Å². The predicted octanol–water partition coefficient (Wildman–Crippen LogP) is 2.82. The molecule has 0 atom stereocenters. The summed E-state index contributed by atoms with van der Waals surface area (Å²) in [7, 11) is 0. The first-order chi connectivity index (χ1) is 9.07. The highest BCUT2D eigenvalue weighted by molar-refractivity contribution is 9.11. The van der Waals surface area contributed by atoms with E-state index in [1.54, 1.807) is 11.3 Å². The second-order valence-electron chi connectivity index (χ2n) is 5.69. The number of rotatable bonds is 5. The molecule has 0 unspecified atom stereocenters. The molecule has 1 aromatic rings. The van der Waals surface area contributed by atoms with Crippen LogP contribution in [-0.4, -0.2) is 34.6 Å². The number of thiophene rings is 1. The van der Waals surface area contributed by atoms with Gasteiger partial charge in [0.25, 0.3) is 0 Å². The number of carbonyl (C=O) groups is 1. The summed E-state index contributed by atoms with van der Waals surface area (Å²) in [4.78, 5) is 15.1. The Morgan fingerprint density at radius 1 is 1.47 bits per heavy atom. The minimum absolute atomic E-state index is 0.195. The Morgan fingerprint density at radius 3 is 2.79 bits per heavy atom. The maximum absolute atomic E-state index is 12.0. The molecule has 0 radical (unpaired) electrons. The average Bonchev–Trinajstić information content (AvgIpc) is 3.10. The van der Waals surface area contributed by atoms with Crippen LogP contribution in [0.5, 0.6) is 0 Å². The van der Waals surface area contributed by atoms with Gasteiger partial charge in [0.05, 0.1) is 16.9 Å². The Labute approximate surface area is 125 Å². The molecule has 2 heterocycles. The second kappa shape index (κ2) is 5.19. The van der Waals surface area contributed by atoms with Crippen LogP contribution in [0.3, 0.4) is 0 Å². The number of likely N-dealkylation sites (tertiary alicyclic amines) is 1. The fourth-order valence-electron chi connectivity index (χ4n) is 2.73. The van der Waals surface area contributed by atoms with Gasteiger partial charge < -0.3 is 10.0 Å². The van der Waals surface area contributed by atoms with Crippen LogP contribution in [0.1, 0.15) is 30.6 Å². The third kappa shape index (κ3) is 3.03. The lowest BCUT2D eigenvalue weighted by molar-refractivity contribution is -0.159. The number of nitrogens with zero attached hydrogens (tertiary/aromatic N) is 1. The smallest absolute Gasteiger partial charge is 0.222 e. The molecule has 2 fully saturated rings. The van der Waals surface area contributed by atoms with E-state index in [1.165, 1.54) is 4.88 Å². The zero-order valence-electron chi connectivity index (χ0n) is 10.8. The van der Waals surface area contributed by atoms with Crippen molar-refractivity contribution in [2.45, 2.75) is 37.7 Å². The van der Waals surface area contributed by atoms with Gasteiger partial charge in [-0.3, -0.25) is 4.79 Å². The van der Waals surface area contributed by atoms with Crippen LogP contribution in [0.25, 0.3) is 0 Å². The van der Waals surface area contributed by atoms with Gasteiger partial charge in [-0.1, -0.05) is 0 Å². The Bertz CT molecular complexity index is 478. The Balaban J connectivity index is 1.38. The summed E-state index contributed by atoms with van der Waals surface area (Å²) in [6.45, 7) is 1.11. The minimum Gasteiger partial charge on any atom is -0.386 e. The van der Waals surface area contributed by atoms with Crippen molar-refractivity contribution in [1.82, 2.24) is 4.90 Å². The molecule has 1 aromatic heterocycles. The van der Waals surface area contributed by atoms with Crippen molar-refractivity contribution >= 4 is 33.2 Å². The maximum Gasteiger partial charge on any atom is 0.222 e. The molecule has 3 rings (SSSR count). The van der Waals surface area contributed by atoms with Gasteiger partial charge in [0, 0.05) is 11.3 Å². The molecule has 0 spiro atoms. The summed E-state index contributed by atoms with van der Waals surface area (Å²) in [5.41, 5.74) is -0.547. The van der Waals surface area contributed by atoms with Gasteiger partial charge in [-0.2, -0.15) is 0 Å². The van der Waals surface area contributed by atoms with Crippen molar-refractivity contribution in [3.05, 3.63) is 20.8 Å². The molecule has 1 aliphatic heterocycles. The van der Waals surface area contributed by atoms with E-state index < -0.39 is 5.60 Å². The molecular formula is C14H18BrNO2S. The van der Waals surface area contributed by atoms with E-state index in [1.807, 2.05) is 11.0 Å². The molecule has 0 bridgehead atoms. The normalized spacial score (nSPS) is 21.3. The summed E-state index contributed by atoms with van der Waals surface area (Å²) in [6.07, 6.45) is 4.71. The fourth-order valence-corrected chi connectivity index (χ4v) is 4.25. The van der Waals surface area contributed by atoms with Crippen LogP contribution in [0.15, 0.2) is 15.9 Å². The third-order valence-corrected chi connectivity index (χ3v) is 5.75. The zero-order valence-corrected chi connectivity index (χ0v) is 13.2. The van der Waals surface area contributed by atoms with Gasteiger partial charge in [0.2, 0.25) is 5.91 Å². The second-order valence-corrected chi connectivity index (χ2v) is 8.23. The van der Waals surface area contributed by atoms with Gasteiger partial charge in [0.15, 0.2) is 0 Å². The van der Waals surface area contributed by atoms with Gasteiger partial charge in [0.1, 0.15) is 5.60 Å². The van der Waals surface area contributed by atoms with Gasteiger partial charge in [-0.25, -0.2) is 0 Å². The third-order valence-electron chi connectivity index (χ3n) is 4.06. The Morgan fingerprint density at radius 2 is 2.21 bits per heavy atom. The summed E-state index contributed by atoms with van der Waals surface area (Å²) < 4.78 is 1.14. The van der Waals surface area contributed by atoms with Crippen molar-refractivity contribution in [3.8, 4) is 0 Å². The summed E-state index contributed by atoms with van der Waals surface area (Å²) in [5.74, 6) is 0.654. The van der Waals surface area contributed by atoms with Gasteiger partial charge in [-0.15, -0.1) is 11.3 Å². The number of amides is 1. The van der Waals surface area contributed by atoms with E-state index in [2.05, 4.69) is 22.0 Å². The summed E-state index contributed by atoms with van der Waals surface area (Å²) >= 11 is 5.18. The van der Waals surface area contributed by atoms with Crippen LogP contribution in [-0.2, 0) is 11.2 Å². The van der Waals surface area contributed by atoms with E-state index >= 15 is 0 Å². The maximum atomic E-state index is 12.0. The van der Waals surface area contributed by atoms with E-state index in [4.69, 9.17) is 0 Å². The van der Waals surface area contributed by atoms with Crippen molar-refractivity contribution in [2.75, 3.05) is 13.1 Å². The Kier molecular flexibility index (Phi) is 3.71. The lowest BCUT2D eigenvalue weighted by atomic mass is 9.88. The lowest BCUT2D eigenvalue weighted by Gasteiger charge is -2.47. The first-order valence-corrected chi connectivity index (χ1v) is 8.42. The van der Waals surface area contributed by atoms with Gasteiger partial charge >= 0.3 is 0 Å². The van der Waals surface area contributed by atoms with E-state index in [9.17, 15) is 9.90 Å². The highest BCUT2D eigenvalue weighted by Crippen LogP contribution is 2.44. The minimum atomic E-state index is -0.547. The number of aliphatic hydroxyl groups is 1.